The van der Waals surface area contributed by atoms with Gasteiger partial charge in [0.1, 0.15) is 4.47 Å². The fourth-order valence-corrected chi connectivity index (χ4v) is 1.53. The van der Waals surface area contributed by atoms with Crippen molar-refractivity contribution in [2.75, 3.05) is 0 Å². The van der Waals surface area contributed by atoms with Crippen LogP contribution < -0.4 is 0 Å². The van der Waals surface area contributed by atoms with Crippen LogP contribution in [0.4, 0.5) is 11.4 Å². The highest BCUT2D eigenvalue weighted by molar-refractivity contribution is 9.10. The zero-order valence-electron chi connectivity index (χ0n) is 7.42. The SMILES string of the molecule is O=C(O)c1cc([N+](=O)[O-])cc([N+](=O)[O-])c1Br. The third-order valence-corrected chi connectivity index (χ3v) is 2.51. The van der Waals surface area contributed by atoms with Gasteiger partial charge in [-0.2, -0.15) is 0 Å². The number of carbonyl (C=O) groups is 1. The van der Waals surface area contributed by atoms with E-state index in [-0.39, 0.29) is 4.47 Å². The van der Waals surface area contributed by atoms with E-state index < -0.39 is 32.8 Å². The van der Waals surface area contributed by atoms with E-state index in [0.717, 1.165) is 6.07 Å². The Labute approximate surface area is 95.9 Å². The van der Waals surface area contributed by atoms with Crippen LogP contribution in [0.3, 0.4) is 0 Å². The van der Waals surface area contributed by atoms with Gasteiger partial charge in [-0.1, -0.05) is 0 Å². The molecule has 0 aromatic heterocycles. The molecule has 84 valence electrons. The Morgan fingerprint density at radius 1 is 1.25 bits per heavy atom. The molecule has 0 saturated heterocycles. The number of hydrogen-bond donors (Lipinski definition) is 1. The van der Waals surface area contributed by atoms with E-state index in [1.807, 2.05) is 0 Å². The van der Waals surface area contributed by atoms with Crippen LogP contribution in [0.1, 0.15) is 10.4 Å². The van der Waals surface area contributed by atoms with Gasteiger partial charge in [0, 0.05) is 6.07 Å². The lowest BCUT2D eigenvalue weighted by molar-refractivity contribution is -0.394. The van der Waals surface area contributed by atoms with Gasteiger partial charge in [-0.25, -0.2) is 4.79 Å². The number of nitro benzene ring substituents is 2. The number of hydrogen-bond acceptors (Lipinski definition) is 5. The van der Waals surface area contributed by atoms with Crippen LogP contribution in [0.5, 0.6) is 0 Å². The van der Waals surface area contributed by atoms with E-state index >= 15 is 0 Å². The third kappa shape index (κ3) is 2.14. The van der Waals surface area contributed by atoms with Crippen LogP contribution in [0, 0.1) is 20.2 Å². The number of non-ortho nitro benzene ring substituents is 1. The van der Waals surface area contributed by atoms with Gasteiger partial charge in [0.25, 0.3) is 11.4 Å². The Bertz CT molecular complexity index is 465. The fourth-order valence-electron chi connectivity index (χ4n) is 0.988. The number of halogens is 1. The van der Waals surface area contributed by atoms with Gasteiger partial charge in [0.2, 0.25) is 0 Å². The molecule has 1 aromatic carbocycles. The molecule has 0 saturated carbocycles. The predicted octanol–water partition coefficient (Wildman–Crippen LogP) is 1.96. The Balaban J connectivity index is 3.57. The average Bonchev–Trinajstić information content (AvgIpc) is 2.16. The Hall–Kier alpha value is -2.03. The first kappa shape index (κ1) is 12.0. The summed E-state index contributed by atoms with van der Waals surface area (Å²) in [4.78, 5) is 29.9. The minimum atomic E-state index is -1.49. The lowest BCUT2D eigenvalue weighted by Crippen LogP contribution is -2.02. The summed E-state index contributed by atoms with van der Waals surface area (Å²) in [5.74, 6) is -1.49. The highest BCUT2D eigenvalue weighted by Gasteiger charge is 2.25. The first-order valence-corrected chi connectivity index (χ1v) is 4.49. The summed E-state index contributed by atoms with van der Waals surface area (Å²) in [5.41, 5.74) is -1.83. The number of nitro groups is 2. The second kappa shape index (κ2) is 4.23. The maximum atomic E-state index is 10.7. The number of rotatable bonds is 3. The normalized spacial score (nSPS) is 9.81. The molecule has 8 nitrogen and oxygen atoms in total. The highest BCUT2D eigenvalue weighted by Crippen LogP contribution is 2.32. The number of carboxylic acid groups (broad SMARTS) is 1. The molecule has 0 atom stereocenters. The molecule has 1 aromatic rings. The molecule has 0 bridgehead atoms. The lowest BCUT2D eigenvalue weighted by atomic mass is 10.2. The molecule has 0 amide bonds. The van der Waals surface area contributed by atoms with E-state index in [4.69, 9.17) is 5.11 Å². The Kier molecular flexibility index (Phi) is 3.18. The van der Waals surface area contributed by atoms with Crippen LogP contribution in [0.15, 0.2) is 16.6 Å². The Morgan fingerprint density at radius 3 is 2.19 bits per heavy atom. The molecule has 0 fully saturated rings. The molecule has 0 unspecified atom stereocenters. The monoisotopic (exact) mass is 290 g/mol. The summed E-state index contributed by atoms with van der Waals surface area (Å²) in [6, 6.07) is 1.44. The van der Waals surface area contributed by atoms with Gasteiger partial charge in [-0.05, 0) is 15.9 Å². The van der Waals surface area contributed by atoms with Gasteiger partial charge in [-0.3, -0.25) is 20.2 Å². The minimum absolute atomic E-state index is 0.296. The molecule has 0 spiro atoms. The molecule has 16 heavy (non-hydrogen) atoms. The summed E-state index contributed by atoms with van der Waals surface area (Å²) in [7, 11) is 0. The van der Waals surface area contributed by atoms with Gasteiger partial charge in [0.05, 0.1) is 21.5 Å². The van der Waals surface area contributed by atoms with Crippen molar-refractivity contribution in [1.82, 2.24) is 0 Å². The zero-order chi connectivity index (χ0) is 12.5. The third-order valence-electron chi connectivity index (χ3n) is 1.68. The van der Waals surface area contributed by atoms with Crippen molar-refractivity contribution in [1.29, 1.82) is 0 Å². The quantitative estimate of drug-likeness (QED) is 0.670. The maximum Gasteiger partial charge on any atom is 0.337 e. The summed E-state index contributed by atoms with van der Waals surface area (Å²) in [6.07, 6.45) is 0. The topological polar surface area (TPSA) is 124 Å². The van der Waals surface area contributed by atoms with Crippen molar-refractivity contribution in [3.05, 3.63) is 42.4 Å². The van der Waals surface area contributed by atoms with Crippen molar-refractivity contribution in [2.24, 2.45) is 0 Å². The van der Waals surface area contributed by atoms with Gasteiger partial charge in [-0.15, -0.1) is 0 Å². The van der Waals surface area contributed by atoms with Crippen molar-refractivity contribution < 1.29 is 19.7 Å². The average molecular weight is 291 g/mol. The predicted molar refractivity (Wildman–Crippen MR) is 54.4 cm³/mol. The summed E-state index contributed by atoms with van der Waals surface area (Å²) in [5, 5.41) is 29.7. The number of benzene rings is 1. The van der Waals surface area contributed by atoms with Gasteiger partial charge < -0.3 is 5.11 Å². The highest BCUT2D eigenvalue weighted by atomic mass is 79.9. The van der Waals surface area contributed by atoms with Gasteiger partial charge in [0.15, 0.2) is 0 Å². The Morgan fingerprint density at radius 2 is 1.81 bits per heavy atom. The second-order valence-electron chi connectivity index (χ2n) is 2.65. The van der Waals surface area contributed by atoms with Crippen LogP contribution >= 0.6 is 15.9 Å². The molecule has 9 heteroatoms. The molecule has 1 rings (SSSR count). The fraction of sp³-hybridized carbons (Fsp3) is 0. The second-order valence-corrected chi connectivity index (χ2v) is 3.44. The van der Waals surface area contributed by atoms with E-state index in [2.05, 4.69) is 15.9 Å². The molecule has 1 N–H and O–H groups in total. The number of nitrogens with zero attached hydrogens (tertiary/aromatic N) is 2. The van der Waals surface area contributed by atoms with Crippen molar-refractivity contribution in [2.45, 2.75) is 0 Å². The van der Waals surface area contributed by atoms with E-state index in [0.29, 0.717) is 6.07 Å². The van der Waals surface area contributed by atoms with Crippen molar-refractivity contribution in [3.63, 3.8) is 0 Å². The van der Waals surface area contributed by atoms with Crippen LogP contribution in [0.25, 0.3) is 0 Å². The van der Waals surface area contributed by atoms with E-state index in [1.54, 1.807) is 0 Å². The summed E-state index contributed by atoms with van der Waals surface area (Å²) < 4.78 is -0.296. The first-order chi connectivity index (χ1) is 7.34. The molecular formula is C7H3BrN2O6. The largest absolute Gasteiger partial charge is 0.478 e. The van der Waals surface area contributed by atoms with Crippen LogP contribution in [0.2, 0.25) is 0 Å². The van der Waals surface area contributed by atoms with Crippen molar-refractivity contribution >= 4 is 33.3 Å². The van der Waals surface area contributed by atoms with E-state index in [1.165, 1.54) is 0 Å². The van der Waals surface area contributed by atoms with Crippen LogP contribution in [-0.4, -0.2) is 20.9 Å². The van der Waals surface area contributed by atoms with E-state index in [9.17, 15) is 25.0 Å². The van der Waals surface area contributed by atoms with Gasteiger partial charge >= 0.3 is 5.97 Å². The maximum absolute atomic E-state index is 10.7. The molecule has 0 aliphatic heterocycles. The molecule has 0 aliphatic carbocycles. The first-order valence-electron chi connectivity index (χ1n) is 3.70. The lowest BCUT2D eigenvalue weighted by Gasteiger charge is -2.00. The zero-order valence-corrected chi connectivity index (χ0v) is 9.00. The van der Waals surface area contributed by atoms with Crippen LogP contribution in [-0.2, 0) is 0 Å². The summed E-state index contributed by atoms with van der Waals surface area (Å²) in [6.45, 7) is 0. The number of aromatic carboxylic acids is 1. The molecule has 0 heterocycles. The smallest absolute Gasteiger partial charge is 0.337 e. The van der Waals surface area contributed by atoms with Crippen molar-refractivity contribution in [3.8, 4) is 0 Å². The number of carboxylic acids is 1. The summed E-state index contributed by atoms with van der Waals surface area (Å²) >= 11 is 2.72. The molecular weight excluding hydrogens is 288 g/mol. The molecule has 0 aliphatic rings. The molecule has 0 radical (unpaired) electrons. The standard InChI is InChI=1S/C7H3BrN2O6/c8-6-4(7(11)12)1-3(9(13)14)2-5(6)10(15)16/h1-2H,(H,11,12). The minimum Gasteiger partial charge on any atom is -0.478 e.